The van der Waals surface area contributed by atoms with E-state index in [2.05, 4.69) is 9.98 Å². The Bertz CT molecular complexity index is 896. The number of carboxylic acids is 1. The Balaban J connectivity index is 2.70. The van der Waals surface area contributed by atoms with Crippen molar-refractivity contribution in [2.75, 3.05) is 13.7 Å². The molecular weight excluding hydrogens is 356 g/mol. The molecule has 0 aliphatic rings. The predicted molar refractivity (Wildman–Crippen MR) is 98.7 cm³/mol. The van der Waals surface area contributed by atoms with Crippen LogP contribution >= 0.6 is 0 Å². The first-order chi connectivity index (χ1) is 12.9. The average Bonchev–Trinajstić information content (AvgIpc) is 2.64. The number of allylic oxidation sites excluding steroid dienone is 1. The van der Waals surface area contributed by atoms with Crippen molar-refractivity contribution in [3.05, 3.63) is 59.6 Å². The number of pyridine rings is 1. The zero-order chi connectivity index (χ0) is 20.0. The van der Waals surface area contributed by atoms with Gasteiger partial charge in [-0.2, -0.15) is 0 Å². The van der Waals surface area contributed by atoms with Gasteiger partial charge in [0.15, 0.2) is 0 Å². The van der Waals surface area contributed by atoms with E-state index in [0.29, 0.717) is 28.1 Å². The summed E-state index contributed by atoms with van der Waals surface area (Å²) in [5.74, 6) is -0.741. The third-order valence-electron chi connectivity index (χ3n) is 3.71. The highest BCUT2D eigenvalue weighted by molar-refractivity contribution is 6.10. The summed E-state index contributed by atoms with van der Waals surface area (Å²) in [7, 11) is 1.45. The molecule has 0 amide bonds. The summed E-state index contributed by atoms with van der Waals surface area (Å²) in [6, 6.07) is 6.15. The van der Waals surface area contributed by atoms with Crippen LogP contribution in [0.4, 0.5) is 8.78 Å². The number of hydrogen-bond acceptors (Lipinski definition) is 5. The van der Waals surface area contributed by atoms with Crippen LogP contribution in [0, 0.1) is 6.92 Å². The minimum atomic E-state index is -2.60. The number of rotatable bonds is 7. The Morgan fingerprint density at radius 3 is 2.70 bits per heavy atom. The molecule has 0 unspecified atom stereocenters. The molecule has 8 heteroatoms. The second kappa shape index (κ2) is 8.88. The van der Waals surface area contributed by atoms with Gasteiger partial charge in [-0.05, 0) is 37.4 Å². The molecule has 0 aliphatic carbocycles. The van der Waals surface area contributed by atoms with Crippen molar-refractivity contribution >= 4 is 11.7 Å². The molecular formula is C19H19F2N3O3. The van der Waals surface area contributed by atoms with Crippen molar-refractivity contribution < 1.29 is 23.4 Å². The molecule has 1 heterocycles. The molecule has 1 aromatic heterocycles. The van der Waals surface area contributed by atoms with Gasteiger partial charge in [-0.15, -0.1) is 0 Å². The van der Waals surface area contributed by atoms with Gasteiger partial charge in [-0.25, -0.2) is 13.6 Å². The number of nitrogens with zero attached hydrogens (tertiary/aromatic N) is 2. The van der Waals surface area contributed by atoms with Gasteiger partial charge in [0.25, 0.3) is 6.43 Å². The second-order valence-electron chi connectivity index (χ2n) is 5.57. The smallest absolute Gasteiger partial charge is 0.336 e. The molecule has 3 N–H and O–H groups in total. The normalized spacial score (nSPS) is 12.0. The molecule has 0 bridgehead atoms. The van der Waals surface area contributed by atoms with E-state index in [1.165, 1.54) is 37.7 Å². The molecule has 0 aliphatic heterocycles. The fourth-order valence-electron chi connectivity index (χ4n) is 2.53. The van der Waals surface area contributed by atoms with Gasteiger partial charge in [0.05, 0.1) is 24.6 Å². The predicted octanol–water partition coefficient (Wildman–Crippen LogP) is 3.29. The van der Waals surface area contributed by atoms with E-state index in [1.54, 1.807) is 19.1 Å². The van der Waals surface area contributed by atoms with Crippen LogP contribution in [-0.2, 0) is 0 Å². The molecule has 2 rings (SSSR count). The van der Waals surface area contributed by atoms with Crippen molar-refractivity contribution in [3.63, 3.8) is 0 Å². The number of methoxy groups -OCH3 is 1. The number of carboxylic acid groups (broad SMARTS) is 1. The summed E-state index contributed by atoms with van der Waals surface area (Å²) >= 11 is 0. The van der Waals surface area contributed by atoms with E-state index in [0.717, 1.165) is 0 Å². The van der Waals surface area contributed by atoms with Crippen LogP contribution in [0.2, 0.25) is 0 Å². The van der Waals surface area contributed by atoms with Crippen LogP contribution in [0.15, 0.2) is 47.7 Å². The summed E-state index contributed by atoms with van der Waals surface area (Å²) in [5.41, 5.74) is 7.65. The number of benzene rings is 1. The summed E-state index contributed by atoms with van der Waals surface area (Å²) in [5, 5.41) is 9.55. The highest BCUT2D eigenvalue weighted by atomic mass is 19.3. The van der Waals surface area contributed by atoms with E-state index in [-0.39, 0.29) is 11.3 Å². The van der Waals surface area contributed by atoms with E-state index in [1.807, 2.05) is 0 Å². The van der Waals surface area contributed by atoms with E-state index in [4.69, 9.17) is 10.5 Å². The molecule has 0 saturated carbocycles. The monoisotopic (exact) mass is 375 g/mol. The number of aryl methyl sites for hydroxylation is 1. The minimum absolute atomic E-state index is 0.0348. The Labute approximate surface area is 155 Å². The first-order valence-corrected chi connectivity index (χ1v) is 7.97. The lowest BCUT2D eigenvalue weighted by Gasteiger charge is -2.13. The Hall–Kier alpha value is -3.29. The first kappa shape index (κ1) is 20.0. The zero-order valence-electron chi connectivity index (χ0n) is 14.8. The number of ether oxygens (including phenoxy) is 1. The third kappa shape index (κ3) is 4.87. The van der Waals surface area contributed by atoms with Crippen LogP contribution in [-0.4, -0.2) is 41.9 Å². The van der Waals surface area contributed by atoms with Crippen molar-refractivity contribution in [2.45, 2.75) is 13.3 Å². The molecule has 2 aromatic rings. The fourth-order valence-corrected chi connectivity index (χ4v) is 2.53. The third-order valence-corrected chi connectivity index (χ3v) is 3.71. The number of aromatic nitrogens is 1. The lowest BCUT2D eigenvalue weighted by Crippen LogP contribution is -2.07. The number of alkyl halides is 2. The maximum absolute atomic E-state index is 12.5. The Kier molecular flexibility index (Phi) is 6.59. The number of hydrogen-bond donors (Lipinski definition) is 2. The van der Waals surface area contributed by atoms with Crippen molar-refractivity contribution in [1.29, 1.82) is 0 Å². The molecule has 0 fully saturated rings. The molecule has 27 heavy (non-hydrogen) atoms. The molecule has 0 radical (unpaired) electrons. The van der Waals surface area contributed by atoms with E-state index in [9.17, 15) is 18.7 Å². The van der Waals surface area contributed by atoms with Crippen LogP contribution in [0.3, 0.4) is 0 Å². The maximum Gasteiger partial charge on any atom is 0.336 e. The second-order valence-corrected chi connectivity index (χ2v) is 5.57. The molecule has 0 spiro atoms. The highest BCUT2D eigenvalue weighted by Gasteiger charge is 2.18. The van der Waals surface area contributed by atoms with Crippen molar-refractivity contribution in [1.82, 2.24) is 4.98 Å². The molecule has 0 saturated heterocycles. The van der Waals surface area contributed by atoms with Gasteiger partial charge < -0.3 is 15.6 Å². The number of carbonyl (C=O) groups is 1. The zero-order valence-corrected chi connectivity index (χ0v) is 14.8. The Morgan fingerprint density at radius 1 is 1.37 bits per heavy atom. The maximum atomic E-state index is 12.5. The van der Waals surface area contributed by atoms with Gasteiger partial charge in [-0.3, -0.25) is 9.98 Å². The average molecular weight is 375 g/mol. The lowest BCUT2D eigenvalue weighted by molar-refractivity contribution is 0.0697. The summed E-state index contributed by atoms with van der Waals surface area (Å²) in [6.07, 6.45) is 1.46. The highest BCUT2D eigenvalue weighted by Crippen LogP contribution is 2.33. The van der Waals surface area contributed by atoms with Crippen LogP contribution < -0.4 is 10.5 Å². The molecule has 142 valence electrons. The Morgan fingerprint density at radius 2 is 2.11 bits per heavy atom. The topological polar surface area (TPSA) is 97.8 Å². The molecule has 1 aromatic carbocycles. The first-order valence-electron chi connectivity index (χ1n) is 7.97. The quantitative estimate of drug-likeness (QED) is 0.724. The van der Waals surface area contributed by atoms with Gasteiger partial charge in [0.2, 0.25) is 0 Å². The molecule has 6 nitrogen and oxygen atoms in total. The summed E-state index contributed by atoms with van der Waals surface area (Å²) in [4.78, 5) is 19.7. The van der Waals surface area contributed by atoms with Gasteiger partial charge >= 0.3 is 5.97 Å². The van der Waals surface area contributed by atoms with E-state index < -0.39 is 18.9 Å². The summed E-state index contributed by atoms with van der Waals surface area (Å²) < 4.78 is 30.4. The van der Waals surface area contributed by atoms with Crippen molar-refractivity contribution in [2.24, 2.45) is 10.7 Å². The fraction of sp³-hybridized carbons (Fsp3) is 0.211. The largest absolute Gasteiger partial charge is 0.494 e. The van der Waals surface area contributed by atoms with Crippen LogP contribution in [0.5, 0.6) is 5.75 Å². The lowest BCUT2D eigenvalue weighted by atomic mass is 9.95. The number of halogens is 2. The molecule has 0 atom stereocenters. The van der Waals surface area contributed by atoms with Gasteiger partial charge in [0, 0.05) is 22.4 Å². The van der Waals surface area contributed by atoms with Crippen LogP contribution in [0.1, 0.15) is 21.6 Å². The number of aliphatic imine (C=N–C) groups is 1. The SMILES string of the molecule is COc1cnc(C)cc1-c1cc(C(/C=C\N)=NCC(F)F)ccc1C(=O)O. The van der Waals surface area contributed by atoms with Crippen molar-refractivity contribution in [3.8, 4) is 16.9 Å². The van der Waals surface area contributed by atoms with Crippen LogP contribution in [0.25, 0.3) is 11.1 Å². The number of aromatic carboxylic acids is 1. The standard InChI is InChI=1S/C19H19F2N3O3/c1-11-7-15(17(27-2)9-23-11)14-8-12(3-4-13(14)19(25)26)16(5-6-22)24-10-18(20)21/h3-9,18H,10,22H2,1-2H3,(H,25,26)/b6-5-,24-16?. The summed E-state index contributed by atoms with van der Waals surface area (Å²) in [6.45, 7) is 1.08. The van der Waals surface area contributed by atoms with Gasteiger partial charge in [-0.1, -0.05) is 6.07 Å². The van der Waals surface area contributed by atoms with Gasteiger partial charge in [0.1, 0.15) is 12.3 Å². The number of nitrogens with two attached hydrogens (primary N) is 1. The van der Waals surface area contributed by atoms with E-state index >= 15 is 0 Å². The minimum Gasteiger partial charge on any atom is -0.494 e.